The fourth-order valence-electron chi connectivity index (χ4n) is 4.27. The first kappa shape index (κ1) is 23.5. The van der Waals surface area contributed by atoms with Gasteiger partial charge in [-0.05, 0) is 68.0 Å². The number of halogens is 5. The number of nitrogens with zero attached hydrogens (tertiary/aromatic N) is 4. The summed E-state index contributed by atoms with van der Waals surface area (Å²) in [4.78, 5) is 13.4. The lowest BCUT2D eigenvalue weighted by molar-refractivity contribution is -0.140. The molecule has 1 fully saturated rings. The Balaban J connectivity index is 1.70. The highest BCUT2D eigenvalue weighted by Crippen LogP contribution is 2.37. The lowest BCUT2D eigenvalue weighted by atomic mass is 10.1. The third-order valence-corrected chi connectivity index (χ3v) is 6.39. The summed E-state index contributed by atoms with van der Waals surface area (Å²) >= 11 is 6.21. The summed E-state index contributed by atoms with van der Waals surface area (Å²) in [7, 11) is 0. The first-order valence-corrected chi connectivity index (χ1v) is 11.6. The van der Waals surface area contributed by atoms with Crippen molar-refractivity contribution < 1.29 is 17.6 Å². The minimum atomic E-state index is -4.81. The van der Waals surface area contributed by atoms with E-state index in [2.05, 4.69) is 27.2 Å². The van der Waals surface area contributed by atoms with Crippen molar-refractivity contribution in [3.05, 3.63) is 70.3 Å². The van der Waals surface area contributed by atoms with Crippen LogP contribution in [0.25, 0.3) is 22.6 Å². The van der Waals surface area contributed by atoms with Crippen LogP contribution >= 0.6 is 11.6 Å². The molecule has 2 aromatic carbocycles. The van der Waals surface area contributed by atoms with Gasteiger partial charge in [-0.15, -0.1) is 0 Å². The van der Waals surface area contributed by atoms with E-state index in [1.54, 1.807) is 4.57 Å². The van der Waals surface area contributed by atoms with Crippen molar-refractivity contribution in [2.45, 2.75) is 45.5 Å². The number of aryl methyl sites for hydroxylation is 1. The normalized spacial score (nSPS) is 14.9. The average molecular weight is 504 g/mol. The molecule has 0 radical (unpaired) electrons. The summed E-state index contributed by atoms with van der Waals surface area (Å²) in [5.74, 6) is 0.161. The van der Waals surface area contributed by atoms with Crippen molar-refractivity contribution in [3.63, 3.8) is 0 Å². The number of hydrogen-bond donors (Lipinski definition) is 1. The summed E-state index contributed by atoms with van der Waals surface area (Å²) in [6, 6.07) is 10.7. The molecule has 2 aromatic heterocycles. The minimum absolute atomic E-state index is 0.000612. The van der Waals surface area contributed by atoms with E-state index in [9.17, 15) is 17.6 Å². The zero-order chi connectivity index (χ0) is 24.9. The predicted octanol–water partition coefficient (Wildman–Crippen LogP) is 6.87. The van der Waals surface area contributed by atoms with Crippen LogP contribution in [0.4, 0.5) is 23.4 Å². The van der Waals surface area contributed by atoms with Gasteiger partial charge in [0.05, 0.1) is 5.56 Å². The highest BCUT2D eigenvalue weighted by atomic mass is 35.5. The Kier molecular flexibility index (Phi) is 5.91. The van der Waals surface area contributed by atoms with Gasteiger partial charge in [0.1, 0.15) is 17.2 Å². The Morgan fingerprint density at radius 3 is 2.57 bits per heavy atom. The molecular weight excluding hydrogens is 482 g/mol. The van der Waals surface area contributed by atoms with E-state index in [-0.39, 0.29) is 23.4 Å². The highest BCUT2D eigenvalue weighted by molar-refractivity contribution is 6.28. The zero-order valence-electron chi connectivity index (χ0n) is 19.0. The molecule has 1 aliphatic carbocycles. The summed E-state index contributed by atoms with van der Waals surface area (Å²) in [6.45, 7) is 3.99. The lowest BCUT2D eigenvalue weighted by Crippen LogP contribution is -2.19. The Labute approximate surface area is 204 Å². The second kappa shape index (κ2) is 8.78. The van der Waals surface area contributed by atoms with Gasteiger partial charge >= 0.3 is 6.18 Å². The van der Waals surface area contributed by atoms with Gasteiger partial charge in [0.25, 0.3) is 0 Å². The Hall–Kier alpha value is -3.20. The first-order valence-electron chi connectivity index (χ1n) is 11.2. The summed E-state index contributed by atoms with van der Waals surface area (Å²) < 4.78 is 55.8. The Morgan fingerprint density at radius 1 is 1.11 bits per heavy atom. The Morgan fingerprint density at radius 2 is 1.89 bits per heavy atom. The van der Waals surface area contributed by atoms with Gasteiger partial charge < -0.3 is 9.88 Å². The van der Waals surface area contributed by atoms with Gasteiger partial charge in [0, 0.05) is 18.2 Å². The second-order valence-corrected chi connectivity index (χ2v) is 9.32. The molecule has 10 heteroatoms. The summed E-state index contributed by atoms with van der Waals surface area (Å²) in [5, 5.41) is 3.42. The highest BCUT2D eigenvalue weighted by Gasteiger charge is 2.34. The quantitative estimate of drug-likeness (QED) is 0.230. The fraction of sp³-hybridized carbons (Fsp3) is 0.320. The van der Waals surface area contributed by atoms with E-state index in [0.717, 1.165) is 36.1 Å². The molecule has 2 heterocycles. The second-order valence-electron chi connectivity index (χ2n) is 8.99. The number of rotatable bonds is 6. The SMILES string of the molecule is Cc1cccc(-c2nc3nc(Cl)nc(NC(C)C4CC4)c3n2Cc2ccc(F)c(C(F)(F)F)c2)c1. The van der Waals surface area contributed by atoms with Crippen molar-refractivity contribution in [1.82, 2.24) is 19.5 Å². The monoisotopic (exact) mass is 503 g/mol. The van der Waals surface area contributed by atoms with Gasteiger partial charge in [-0.25, -0.2) is 9.37 Å². The van der Waals surface area contributed by atoms with Crippen LogP contribution in [0, 0.1) is 18.7 Å². The van der Waals surface area contributed by atoms with Crippen molar-refractivity contribution in [2.75, 3.05) is 5.32 Å². The van der Waals surface area contributed by atoms with Gasteiger partial charge in [-0.3, -0.25) is 0 Å². The van der Waals surface area contributed by atoms with E-state index < -0.39 is 17.6 Å². The molecule has 1 N–H and O–H groups in total. The molecule has 0 bridgehead atoms. The molecule has 35 heavy (non-hydrogen) atoms. The number of fused-ring (bicyclic) bond motifs is 1. The maximum absolute atomic E-state index is 13.9. The maximum atomic E-state index is 13.9. The molecule has 5 nitrogen and oxygen atoms in total. The topological polar surface area (TPSA) is 55.6 Å². The number of alkyl halides is 3. The predicted molar refractivity (Wildman–Crippen MR) is 127 cm³/mol. The number of benzene rings is 2. The molecule has 5 rings (SSSR count). The van der Waals surface area contributed by atoms with Crippen LogP contribution in [0.2, 0.25) is 5.28 Å². The third kappa shape index (κ3) is 4.82. The molecule has 182 valence electrons. The molecular formula is C25H22ClF4N5. The number of hydrogen-bond acceptors (Lipinski definition) is 4. The fourth-order valence-corrected chi connectivity index (χ4v) is 4.43. The van der Waals surface area contributed by atoms with Crippen LogP contribution < -0.4 is 5.32 Å². The number of anilines is 1. The van der Waals surface area contributed by atoms with E-state index in [1.165, 1.54) is 6.07 Å². The van der Waals surface area contributed by atoms with Crippen LogP contribution in [-0.2, 0) is 12.7 Å². The third-order valence-electron chi connectivity index (χ3n) is 6.22. The van der Waals surface area contributed by atoms with E-state index in [0.29, 0.717) is 28.7 Å². The molecule has 4 aromatic rings. The van der Waals surface area contributed by atoms with Crippen molar-refractivity contribution in [2.24, 2.45) is 5.92 Å². The molecule has 0 amide bonds. The van der Waals surface area contributed by atoms with Crippen LogP contribution in [-0.4, -0.2) is 25.6 Å². The van der Waals surface area contributed by atoms with E-state index in [4.69, 9.17) is 11.6 Å². The Bertz CT molecular complexity index is 1410. The smallest absolute Gasteiger partial charge is 0.365 e. The van der Waals surface area contributed by atoms with Crippen LogP contribution in [0.1, 0.15) is 36.5 Å². The van der Waals surface area contributed by atoms with Crippen molar-refractivity contribution in [3.8, 4) is 11.4 Å². The summed E-state index contributed by atoms with van der Waals surface area (Å²) in [5.41, 5.74) is 1.56. The van der Waals surface area contributed by atoms with E-state index >= 15 is 0 Å². The van der Waals surface area contributed by atoms with Crippen molar-refractivity contribution in [1.29, 1.82) is 0 Å². The zero-order valence-corrected chi connectivity index (χ0v) is 19.8. The first-order chi connectivity index (χ1) is 16.6. The molecule has 1 aliphatic rings. The molecule has 1 unspecified atom stereocenters. The molecule has 1 saturated carbocycles. The van der Waals surface area contributed by atoms with Crippen molar-refractivity contribution >= 4 is 28.6 Å². The maximum Gasteiger partial charge on any atom is 0.419 e. The minimum Gasteiger partial charge on any atom is -0.365 e. The van der Waals surface area contributed by atoms with Crippen LogP contribution in [0.5, 0.6) is 0 Å². The largest absolute Gasteiger partial charge is 0.419 e. The van der Waals surface area contributed by atoms with Gasteiger partial charge in [-0.1, -0.05) is 29.8 Å². The number of nitrogens with one attached hydrogen (secondary N) is 1. The molecule has 0 saturated heterocycles. The molecule has 0 aliphatic heterocycles. The summed E-state index contributed by atoms with van der Waals surface area (Å²) in [6.07, 6.45) is -2.58. The number of aromatic nitrogens is 4. The molecule has 1 atom stereocenters. The van der Waals surface area contributed by atoms with Gasteiger partial charge in [0.15, 0.2) is 11.5 Å². The van der Waals surface area contributed by atoms with Crippen LogP contribution in [0.15, 0.2) is 42.5 Å². The lowest BCUT2D eigenvalue weighted by Gasteiger charge is -2.17. The standard InChI is InChI=1S/C25H22ClF4N5/c1-13-4-3-5-17(10-13)23-32-22-20(21(33-24(26)34-22)31-14(2)16-7-8-16)35(23)12-15-6-9-19(27)18(11-15)25(28,29)30/h3-6,9-11,14,16H,7-8,12H2,1-2H3,(H,31,33,34). The van der Waals surface area contributed by atoms with Gasteiger partial charge in [0.2, 0.25) is 5.28 Å². The number of imidazole rings is 1. The molecule has 0 spiro atoms. The average Bonchev–Trinajstić information content (AvgIpc) is 3.57. The van der Waals surface area contributed by atoms with Crippen LogP contribution in [0.3, 0.4) is 0 Å². The van der Waals surface area contributed by atoms with E-state index in [1.807, 2.05) is 31.2 Å². The van der Waals surface area contributed by atoms with Gasteiger partial charge in [-0.2, -0.15) is 23.1 Å².